The maximum absolute atomic E-state index is 14.2. The van der Waals surface area contributed by atoms with E-state index in [0.717, 1.165) is 27.8 Å². The molecular weight excluding hydrogens is 584 g/mol. The number of carbonyl (C=O) groups is 4. The molecule has 11 heteroatoms. The van der Waals surface area contributed by atoms with E-state index in [4.69, 9.17) is 0 Å². The Morgan fingerprint density at radius 2 is 1.76 bits per heavy atom. The van der Waals surface area contributed by atoms with Crippen LogP contribution in [0.5, 0.6) is 0 Å². The second-order valence-electron chi connectivity index (χ2n) is 13.0. The van der Waals surface area contributed by atoms with E-state index in [2.05, 4.69) is 20.9 Å². The van der Waals surface area contributed by atoms with Crippen molar-refractivity contribution in [3.8, 4) is 0 Å². The second kappa shape index (κ2) is 12.6. The Morgan fingerprint density at radius 3 is 2.50 bits per heavy atom. The largest absolute Gasteiger partial charge is 0.480 e. The van der Waals surface area contributed by atoms with Crippen molar-refractivity contribution in [1.29, 1.82) is 0 Å². The topological polar surface area (TPSA) is 144 Å². The lowest BCUT2D eigenvalue weighted by atomic mass is 9.78. The number of hydrogen-bond acceptors (Lipinski definition) is 7. The van der Waals surface area contributed by atoms with E-state index in [-0.39, 0.29) is 37.4 Å². The van der Waals surface area contributed by atoms with Gasteiger partial charge in [0.15, 0.2) is 0 Å². The minimum absolute atomic E-state index is 0.0518. The fourth-order valence-corrected chi connectivity index (χ4v) is 7.19. The zero-order chi connectivity index (χ0) is 32.5. The third-order valence-electron chi connectivity index (χ3n) is 9.77. The Balaban J connectivity index is 1.19. The van der Waals surface area contributed by atoms with Crippen LogP contribution in [0.3, 0.4) is 0 Å². The third-order valence-corrected chi connectivity index (χ3v) is 9.77. The number of benzene rings is 2. The average Bonchev–Trinajstić information content (AvgIpc) is 3.55. The van der Waals surface area contributed by atoms with Crippen molar-refractivity contribution in [3.05, 3.63) is 88.6 Å². The molecule has 1 spiro atoms. The molecule has 0 saturated carbocycles. The number of nitrogens with one attached hydrogen (secondary N) is 3. The van der Waals surface area contributed by atoms with Crippen LogP contribution >= 0.6 is 0 Å². The molecule has 1 fully saturated rings. The van der Waals surface area contributed by atoms with Gasteiger partial charge in [-0.2, -0.15) is 0 Å². The zero-order valence-corrected chi connectivity index (χ0v) is 26.3. The second-order valence-corrected chi connectivity index (χ2v) is 13.0. The summed E-state index contributed by atoms with van der Waals surface area (Å²) in [4.78, 5) is 60.0. The van der Waals surface area contributed by atoms with Crippen molar-refractivity contribution in [2.24, 2.45) is 5.41 Å². The lowest BCUT2D eigenvalue weighted by Gasteiger charge is -2.40. The summed E-state index contributed by atoms with van der Waals surface area (Å²) in [5.41, 5.74) is 4.15. The maximum atomic E-state index is 14.2. The molecule has 46 heavy (non-hydrogen) atoms. The SMILES string of the molecule is CNCc1ccccc1CN(CC(=O)Nc1ccc2c(c1)C[C@@]1(C2)C(=O)Nc2ncccc21)C(=O)C1(C)CCN(CC(=O)O)CC1. The minimum Gasteiger partial charge on any atom is -0.480 e. The van der Waals surface area contributed by atoms with Crippen LogP contribution < -0.4 is 16.0 Å². The van der Waals surface area contributed by atoms with Crippen LogP contribution in [0.25, 0.3) is 0 Å². The molecule has 1 saturated heterocycles. The number of rotatable bonds is 10. The molecule has 3 aliphatic rings. The normalized spacial score (nSPS) is 19.7. The molecule has 1 atom stereocenters. The van der Waals surface area contributed by atoms with Gasteiger partial charge in [-0.15, -0.1) is 0 Å². The molecule has 0 bridgehead atoms. The number of likely N-dealkylation sites (tertiary alicyclic amines) is 1. The van der Waals surface area contributed by atoms with Gasteiger partial charge in [-0.1, -0.05) is 43.3 Å². The Labute approximate surface area is 268 Å². The smallest absolute Gasteiger partial charge is 0.317 e. The van der Waals surface area contributed by atoms with E-state index in [1.165, 1.54) is 0 Å². The fraction of sp³-hybridized carbons (Fsp3) is 0.400. The molecule has 3 aromatic rings. The number of nitrogens with zero attached hydrogens (tertiary/aromatic N) is 3. The molecule has 0 unspecified atom stereocenters. The van der Waals surface area contributed by atoms with Crippen LogP contribution in [0, 0.1) is 5.41 Å². The molecule has 2 aromatic carbocycles. The number of aliphatic carboxylic acids is 1. The van der Waals surface area contributed by atoms with Crippen LogP contribution in [0.15, 0.2) is 60.8 Å². The number of carbonyl (C=O) groups excluding carboxylic acids is 3. The molecule has 2 aliphatic heterocycles. The number of pyridine rings is 1. The molecule has 240 valence electrons. The van der Waals surface area contributed by atoms with E-state index in [0.29, 0.717) is 56.8 Å². The van der Waals surface area contributed by atoms with Crippen LogP contribution in [0.1, 0.15) is 47.6 Å². The molecular formula is C35H40N6O5. The van der Waals surface area contributed by atoms with Gasteiger partial charge in [0.2, 0.25) is 17.7 Å². The summed E-state index contributed by atoms with van der Waals surface area (Å²) in [5.74, 6) is -0.766. The van der Waals surface area contributed by atoms with E-state index in [9.17, 15) is 24.3 Å². The highest BCUT2D eigenvalue weighted by molar-refractivity contribution is 6.06. The highest BCUT2D eigenvalue weighted by atomic mass is 16.4. The summed E-state index contributed by atoms with van der Waals surface area (Å²) in [6.45, 7) is 3.63. The van der Waals surface area contributed by atoms with Gasteiger partial charge >= 0.3 is 5.97 Å². The first-order valence-electron chi connectivity index (χ1n) is 15.7. The lowest BCUT2D eigenvalue weighted by molar-refractivity contribution is -0.147. The molecule has 0 radical (unpaired) electrons. The van der Waals surface area contributed by atoms with Gasteiger partial charge in [0.05, 0.1) is 12.0 Å². The van der Waals surface area contributed by atoms with Crippen molar-refractivity contribution >= 4 is 35.2 Å². The summed E-state index contributed by atoms with van der Waals surface area (Å²) < 4.78 is 0. The van der Waals surface area contributed by atoms with Gasteiger partial charge < -0.3 is 26.0 Å². The van der Waals surface area contributed by atoms with Gasteiger partial charge in [0.25, 0.3) is 0 Å². The van der Waals surface area contributed by atoms with Gasteiger partial charge in [0, 0.05) is 36.0 Å². The van der Waals surface area contributed by atoms with E-state index in [1.807, 2.05) is 73.5 Å². The summed E-state index contributed by atoms with van der Waals surface area (Å²) in [5, 5.41) is 18.3. The van der Waals surface area contributed by atoms with Crippen LogP contribution in [0.4, 0.5) is 11.5 Å². The average molecular weight is 625 g/mol. The van der Waals surface area contributed by atoms with Gasteiger partial charge in [-0.05, 0) is 86.3 Å². The quantitative estimate of drug-likeness (QED) is 0.270. The summed E-state index contributed by atoms with van der Waals surface area (Å²) in [6, 6.07) is 17.4. The van der Waals surface area contributed by atoms with Crippen molar-refractivity contribution < 1.29 is 24.3 Å². The third kappa shape index (κ3) is 6.12. The monoisotopic (exact) mass is 624 g/mol. The maximum Gasteiger partial charge on any atom is 0.317 e. The summed E-state index contributed by atoms with van der Waals surface area (Å²) in [7, 11) is 1.87. The highest BCUT2D eigenvalue weighted by Gasteiger charge is 2.51. The van der Waals surface area contributed by atoms with E-state index in [1.54, 1.807) is 11.1 Å². The molecule has 3 heterocycles. The van der Waals surface area contributed by atoms with E-state index >= 15 is 0 Å². The number of carboxylic acid groups (broad SMARTS) is 1. The number of aromatic nitrogens is 1. The Bertz CT molecular complexity index is 1680. The van der Waals surface area contributed by atoms with Gasteiger partial charge in [-0.25, -0.2) is 4.98 Å². The van der Waals surface area contributed by atoms with Crippen molar-refractivity contribution in [2.45, 2.75) is 51.1 Å². The first-order valence-corrected chi connectivity index (χ1v) is 15.7. The first kappa shape index (κ1) is 31.4. The van der Waals surface area contributed by atoms with Gasteiger partial charge in [0.1, 0.15) is 12.4 Å². The number of fused-ring (bicyclic) bond motifs is 3. The van der Waals surface area contributed by atoms with Crippen molar-refractivity contribution in [2.75, 3.05) is 43.9 Å². The van der Waals surface area contributed by atoms with Crippen molar-refractivity contribution in [1.82, 2.24) is 20.1 Å². The molecule has 1 aromatic heterocycles. The Hall–Kier alpha value is -4.61. The summed E-state index contributed by atoms with van der Waals surface area (Å²) in [6.07, 6.45) is 3.77. The number of hydrogen-bond donors (Lipinski definition) is 4. The molecule has 3 amide bonds. The van der Waals surface area contributed by atoms with Crippen LogP contribution in [0.2, 0.25) is 0 Å². The Kier molecular flexibility index (Phi) is 8.63. The van der Waals surface area contributed by atoms with Gasteiger partial charge in [-0.3, -0.25) is 24.1 Å². The number of piperidine rings is 1. The van der Waals surface area contributed by atoms with Crippen molar-refractivity contribution in [3.63, 3.8) is 0 Å². The molecule has 4 N–H and O–H groups in total. The molecule has 11 nitrogen and oxygen atoms in total. The van der Waals surface area contributed by atoms with E-state index < -0.39 is 16.8 Å². The summed E-state index contributed by atoms with van der Waals surface area (Å²) >= 11 is 0. The zero-order valence-electron chi connectivity index (χ0n) is 26.3. The molecule has 1 aliphatic carbocycles. The predicted molar refractivity (Wildman–Crippen MR) is 173 cm³/mol. The predicted octanol–water partition coefficient (Wildman–Crippen LogP) is 2.94. The fourth-order valence-electron chi connectivity index (χ4n) is 7.19. The number of carboxylic acids is 1. The first-order chi connectivity index (χ1) is 22.1. The highest BCUT2D eigenvalue weighted by Crippen LogP contribution is 2.47. The van der Waals surface area contributed by atoms with Crippen LogP contribution in [-0.4, -0.2) is 76.8 Å². The minimum atomic E-state index is -0.885. The number of anilines is 2. The lowest BCUT2D eigenvalue weighted by Crippen LogP contribution is -2.51. The Morgan fingerprint density at radius 1 is 1.02 bits per heavy atom. The molecule has 6 rings (SSSR count). The standard InChI is InChI=1S/C35H40N6O5/c1-34(11-14-40(15-12-34)22-30(43)44)33(46)41(20-25-7-4-3-6-24(25)19-36-2)21-29(42)38-27-10-9-23-17-35(18-26(23)16-27)28-8-5-13-37-31(28)39-32(35)45/h3-10,13,16,36H,11-12,14-15,17-22H2,1-2H3,(H,38,42)(H,43,44)(H,37,39,45)/t35-/m1/s1. The van der Waals surface area contributed by atoms with Crippen LogP contribution in [-0.2, 0) is 50.5 Å². The number of amides is 3.